The fourth-order valence-corrected chi connectivity index (χ4v) is 5.33. The maximum atomic E-state index is 12.8. The number of anilines is 1. The predicted octanol–water partition coefficient (Wildman–Crippen LogP) is 4.95. The summed E-state index contributed by atoms with van der Waals surface area (Å²) in [7, 11) is -3.73. The molecule has 0 fully saturated rings. The quantitative estimate of drug-likeness (QED) is 0.587. The van der Waals surface area contributed by atoms with E-state index in [0.29, 0.717) is 20.8 Å². The van der Waals surface area contributed by atoms with Crippen LogP contribution in [0.5, 0.6) is 0 Å². The number of hydrogen-bond donors (Lipinski definition) is 1. The Hall–Kier alpha value is -1.64. The normalized spacial score (nSPS) is 12.9. The lowest BCUT2D eigenvalue weighted by Crippen LogP contribution is -2.13. The summed E-state index contributed by atoms with van der Waals surface area (Å²) in [6, 6.07) is 11.9. The topological polar surface area (TPSA) is 72.2 Å². The van der Waals surface area contributed by atoms with Crippen LogP contribution in [-0.2, 0) is 16.4 Å². The number of hydrogen-bond acceptors (Lipinski definition) is 5. The Bertz CT molecular complexity index is 965. The van der Waals surface area contributed by atoms with Gasteiger partial charge in [-0.15, -0.1) is 11.3 Å². The van der Waals surface area contributed by atoms with E-state index in [9.17, 15) is 8.42 Å². The molecule has 0 spiro atoms. The second-order valence-electron chi connectivity index (χ2n) is 5.77. The molecular weight excluding hydrogens is 424 g/mol. The molecule has 2 aromatic heterocycles. The molecule has 0 radical (unpaired) electrons. The third-order valence-electron chi connectivity index (χ3n) is 3.86. The van der Waals surface area contributed by atoms with Crippen LogP contribution in [0.25, 0.3) is 0 Å². The molecule has 1 N–H and O–H groups in total. The second kappa shape index (κ2) is 7.31. The van der Waals surface area contributed by atoms with Gasteiger partial charge in [-0.2, -0.15) is 0 Å². The lowest BCUT2D eigenvalue weighted by atomic mass is 9.95. The predicted molar refractivity (Wildman–Crippen MR) is 103 cm³/mol. The van der Waals surface area contributed by atoms with E-state index in [1.54, 1.807) is 12.3 Å². The van der Waals surface area contributed by atoms with E-state index in [-0.39, 0.29) is 11.8 Å². The Kier molecular flexibility index (Phi) is 5.31. The van der Waals surface area contributed by atoms with Crippen LogP contribution in [0.2, 0.25) is 0 Å². The van der Waals surface area contributed by atoms with Crippen LogP contribution < -0.4 is 4.72 Å². The first-order valence-corrected chi connectivity index (χ1v) is 10.8. The van der Waals surface area contributed by atoms with Gasteiger partial charge in [0.1, 0.15) is 8.68 Å². The molecule has 25 heavy (non-hydrogen) atoms. The van der Waals surface area contributed by atoms with Crippen molar-refractivity contribution in [3.8, 4) is 0 Å². The van der Waals surface area contributed by atoms with Gasteiger partial charge >= 0.3 is 0 Å². The Morgan fingerprint density at radius 1 is 1.28 bits per heavy atom. The van der Waals surface area contributed by atoms with Crippen LogP contribution in [0.15, 0.2) is 55.0 Å². The molecular formula is C17H17BrN2O3S2. The smallest absolute Gasteiger partial charge is 0.274 e. The highest BCUT2D eigenvalue weighted by Gasteiger charge is 2.25. The zero-order valence-corrected chi connectivity index (χ0v) is 16.9. The number of nitrogens with zero attached hydrogens (tertiary/aromatic N) is 1. The van der Waals surface area contributed by atoms with Crippen molar-refractivity contribution in [1.82, 2.24) is 5.16 Å². The van der Waals surface area contributed by atoms with Crippen LogP contribution >= 0.6 is 27.3 Å². The number of halogens is 1. The average Bonchev–Trinajstić information content (AvgIpc) is 3.18. The molecule has 132 valence electrons. The molecule has 0 aliphatic rings. The number of benzene rings is 1. The molecule has 1 unspecified atom stereocenters. The Morgan fingerprint density at radius 3 is 2.64 bits per heavy atom. The van der Waals surface area contributed by atoms with Gasteiger partial charge in [0.05, 0.1) is 5.69 Å². The lowest BCUT2D eigenvalue weighted by Gasteiger charge is -2.12. The maximum Gasteiger partial charge on any atom is 0.274 e. The number of sulfonamides is 1. The standard InChI is InChI=1S/C17H17BrN2O3S2/c1-11(13-6-4-3-5-7-13)10-14-8-9-24-17(14)25(21,22)20-16-15(18)12(2)19-23-16/h3-9,11,20H,10H2,1-2H3. The highest BCUT2D eigenvalue weighted by atomic mass is 79.9. The minimum absolute atomic E-state index is 0.0907. The highest BCUT2D eigenvalue weighted by Crippen LogP contribution is 2.32. The Labute approximate surface area is 159 Å². The molecule has 1 atom stereocenters. The highest BCUT2D eigenvalue weighted by molar-refractivity contribution is 9.10. The van der Waals surface area contributed by atoms with Gasteiger partial charge in [-0.25, -0.2) is 13.1 Å². The monoisotopic (exact) mass is 440 g/mol. The maximum absolute atomic E-state index is 12.8. The van der Waals surface area contributed by atoms with Crippen LogP contribution in [0.3, 0.4) is 0 Å². The molecule has 0 bridgehead atoms. The molecule has 1 aromatic carbocycles. The van der Waals surface area contributed by atoms with Crippen LogP contribution in [0.4, 0.5) is 5.88 Å². The minimum Gasteiger partial charge on any atom is -0.336 e. The van der Waals surface area contributed by atoms with Crippen LogP contribution in [0.1, 0.15) is 29.7 Å². The summed E-state index contributed by atoms with van der Waals surface area (Å²) >= 11 is 4.47. The molecule has 0 amide bonds. The summed E-state index contributed by atoms with van der Waals surface area (Å²) in [5.74, 6) is 0.303. The van der Waals surface area contributed by atoms with E-state index in [1.807, 2.05) is 24.3 Å². The van der Waals surface area contributed by atoms with E-state index in [0.717, 1.165) is 5.56 Å². The van der Waals surface area contributed by atoms with E-state index in [2.05, 4.69) is 44.9 Å². The zero-order valence-electron chi connectivity index (χ0n) is 13.7. The molecule has 3 rings (SSSR count). The summed E-state index contributed by atoms with van der Waals surface area (Å²) in [6.07, 6.45) is 0.639. The van der Waals surface area contributed by atoms with Crippen molar-refractivity contribution >= 4 is 43.2 Å². The molecule has 0 aliphatic heterocycles. The third kappa shape index (κ3) is 3.96. The van der Waals surface area contributed by atoms with Gasteiger partial charge in [-0.1, -0.05) is 42.4 Å². The molecule has 0 saturated heterocycles. The van der Waals surface area contributed by atoms with Crippen molar-refractivity contribution in [3.05, 3.63) is 63.1 Å². The van der Waals surface area contributed by atoms with E-state index in [1.165, 1.54) is 16.9 Å². The van der Waals surface area contributed by atoms with Crippen molar-refractivity contribution in [2.75, 3.05) is 4.72 Å². The summed E-state index contributed by atoms with van der Waals surface area (Å²) < 4.78 is 33.8. The number of rotatable bonds is 6. The largest absolute Gasteiger partial charge is 0.336 e. The third-order valence-corrected chi connectivity index (χ3v) is 7.70. The summed E-state index contributed by atoms with van der Waals surface area (Å²) in [5, 5.41) is 5.54. The first-order chi connectivity index (χ1) is 11.9. The number of aryl methyl sites for hydroxylation is 1. The minimum atomic E-state index is -3.73. The van der Waals surface area contributed by atoms with Crippen LogP contribution in [-0.4, -0.2) is 13.6 Å². The van der Waals surface area contributed by atoms with E-state index >= 15 is 0 Å². The van der Waals surface area contributed by atoms with Crippen molar-refractivity contribution < 1.29 is 12.9 Å². The number of aromatic nitrogens is 1. The molecule has 5 nitrogen and oxygen atoms in total. The molecule has 3 aromatic rings. The summed E-state index contributed by atoms with van der Waals surface area (Å²) in [6.45, 7) is 3.82. The molecule has 0 aliphatic carbocycles. The van der Waals surface area contributed by atoms with Gasteiger partial charge in [-0.3, -0.25) is 0 Å². The number of nitrogens with one attached hydrogen (secondary N) is 1. The van der Waals surface area contributed by atoms with Gasteiger partial charge in [0.2, 0.25) is 0 Å². The van der Waals surface area contributed by atoms with Crippen molar-refractivity contribution in [2.45, 2.75) is 30.4 Å². The van der Waals surface area contributed by atoms with E-state index in [4.69, 9.17) is 4.52 Å². The zero-order chi connectivity index (χ0) is 18.0. The van der Waals surface area contributed by atoms with Gasteiger partial charge in [0.25, 0.3) is 15.9 Å². The van der Waals surface area contributed by atoms with Gasteiger partial charge in [0, 0.05) is 0 Å². The second-order valence-corrected chi connectivity index (χ2v) is 9.35. The molecule has 8 heteroatoms. The van der Waals surface area contributed by atoms with Gasteiger partial charge < -0.3 is 4.52 Å². The number of thiophene rings is 1. The first kappa shape index (κ1) is 18.2. The van der Waals surface area contributed by atoms with Crippen LogP contribution in [0, 0.1) is 6.92 Å². The Morgan fingerprint density at radius 2 is 2.00 bits per heavy atom. The van der Waals surface area contributed by atoms with Crippen molar-refractivity contribution in [1.29, 1.82) is 0 Å². The van der Waals surface area contributed by atoms with Gasteiger partial charge in [0.15, 0.2) is 0 Å². The fourth-order valence-electron chi connectivity index (χ4n) is 2.53. The fraction of sp³-hybridized carbons (Fsp3) is 0.235. The van der Waals surface area contributed by atoms with Crippen molar-refractivity contribution in [2.24, 2.45) is 0 Å². The van der Waals surface area contributed by atoms with E-state index < -0.39 is 10.0 Å². The molecule has 0 saturated carbocycles. The van der Waals surface area contributed by atoms with Crippen molar-refractivity contribution in [3.63, 3.8) is 0 Å². The summed E-state index contributed by atoms with van der Waals surface area (Å²) in [4.78, 5) is 0. The van der Waals surface area contributed by atoms with Gasteiger partial charge in [-0.05, 0) is 57.8 Å². The Balaban J connectivity index is 1.84. The lowest BCUT2D eigenvalue weighted by molar-refractivity contribution is 0.430. The summed E-state index contributed by atoms with van der Waals surface area (Å²) in [5.41, 5.74) is 2.56. The average molecular weight is 441 g/mol. The SMILES string of the molecule is Cc1noc(NS(=O)(=O)c2sccc2CC(C)c2ccccc2)c1Br. The molecule has 2 heterocycles. The first-order valence-electron chi connectivity index (χ1n) is 7.64.